The fraction of sp³-hybridized carbons (Fsp3) is 0. The number of benzene rings is 3. The molecule has 0 aromatic heterocycles. The molecular weight excluding hydrogens is 394 g/mol. The Balaban J connectivity index is 1.84. The number of halogens is 1. The maximum absolute atomic E-state index is 13.0. The van der Waals surface area contributed by atoms with Crippen LogP contribution >= 0.6 is 11.6 Å². The van der Waals surface area contributed by atoms with Gasteiger partial charge in [0.2, 0.25) is 0 Å². The van der Waals surface area contributed by atoms with E-state index in [0.29, 0.717) is 5.56 Å². The van der Waals surface area contributed by atoms with E-state index in [1.807, 2.05) is 0 Å². The van der Waals surface area contributed by atoms with Crippen LogP contribution in [0.2, 0.25) is 5.02 Å². The number of aromatic carboxylic acids is 1. The minimum atomic E-state index is -1.21. The fourth-order valence-corrected chi connectivity index (χ4v) is 3.39. The van der Waals surface area contributed by atoms with Crippen LogP contribution in [-0.4, -0.2) is 28.7 Å². The highest BCUT2D eigenvalue weighted by Gasteiger charge is 2.39. The van der Waals surface area contributed by atoms with Crippen molar-refractivity contribution < 1.29 is 24.3 Å². The number of rotatable bonds is 4. The second-order valence-electron chi connectivity index (χ2n) is 6.37. The van der Waals surface area contributed by atoms with Gasteiger partial charge in [-0.05, 0) is 36.4 Å². The van der Waals surface area contributed by atoms with Crippen molar-refractivity contribution in [1.82, 2.24) is 0 Å². The maximum atomic E-state index is 13.0. The number of carbonyl (C=O) groups is 4. The predicted molar refractivity (Wildman–Crippen MR) is 106 cm³/mol. The lowest BCUT2D eigenvalue weighted by atomic mass is 10.0. The standard InChI is InChI=1S/C22H12ClNO5/c23-14-7-9-18(17(11-14)19(25)12-4-2-1-3-5-12)24-20(26)15-8-6-13(22(28)29)10-16(15)21(24)27/h1-11H,(H,28,29). The molecule has 0 spiro atoms. The van der Waals surface area contributed by atoms with E-state index in [1.165, 1.54) is 30.3 Å². The zero-order chi connectivity index (χ0) is 20.7. The monoisotopic (exact) mass is 405 g/mol. The van der Waals surface area contributed by atoms with Crippen molar-refractivity contribution in [3.63, 3.8) is 0 Å². The summed E-state index contributed by atoms with van der Waals surface area (Å²) in [4.78, 5) is 51.0. The second kappa shape index (κ2) is 7.00. The van der Waals surface area contributed by atoms with Gasteiger partial charge in [-0.15, -0.1) is 0 Å². The molecule has 29 heavy (non-hydrogen) atoms. The summed E-state index contributed by atoms with van der Waals surface area (Å²) in [7, 11) is 0. The average molecular weight is 406 g/mol. The van der Waals surface area contributed by atoms with E-state index in [2.05, 4.69) is 0 Å². The molecule has 0 fully saturated rings. The summed E-state index contributed by atoms with van der Waals surface area (Å²) >= 11 is 6.07. The van der Waals surface area contributed by atoms with Crippen LogP contribution in [0.15, 0.2) is 66.7 Å². The van der Waals surface area contributed by atoms with Crippen molar-refractivity contribution >= 4 is 40.9 Å². The van der Waals surface area contributed by atoms with E-state index in [9.17, 15) is 19.2 Å². The van der Waals surface area contributed by atoms with Gasteiger partial charge in [-0.25, -0.2) is 9.69 Å². The molecule has 142 valence electrons. The quantitative estimate of drug-likeness (QED) is 0.521. The molecule has 0 saturated carbocycles. The Labute approximate surface area is 170 Å². The third-order valence-corrected chi connectivity index (χ3v) is 4.85. The number of carboxylic acids is 1. The molecule has 7 heteroatoms. The molecule has 0 aliphatic carbocycles. The SMILES string of the molecule is O=C(O)c1ccc2c(c1)C(=O)N(c1ccc(Cl)cc1C(=O)c1ccccc1)C2=O. The first-order chi connectivity index (χ1) is 13.9. The van der Waals surface area contributed by atoms with Crippen LogP contribution in [-0.2, 0) is 0 Å². The van der Waals surface area contributed by atoms with Crippen molar-refractivity contribution in [1.29, 1.82) is 0 Å². The number of fused-ring (bicyclic) bond motifs is 1. The van der Waals surface area contributed by atoms with E-state index < -0.39 is 23.6 Å². The Kier molecular flexibility index (Phi) is 4.48. The molecule has 3 aromatic rings. The maximum Gasteiger partial charge on any atom is 0.335 e. The third kappa shape index (κ3) is 3.09. The highest BCUT2D eigenvalue weighted by Crippen LogP contribution is 2.33. The topological polar surface area (TPSA) is 91.8 Å². The Bertz CT molecular complexity index is 1200. The molecule has 2 amide bonds. The van der Waals surface area contributed by atoms with Gasteiger partial charge >= 0.3 is 5.97 Å². The highest BCUT2D eigenvalue weighted by molar-refractivity contribution is 6.37. The number of anilines is 1. The number of nitrogens with zero attached hydrogens (tertiary/aromatic N) is 1. The van der Waals surface area contributed by atoms with Gasteiger partial charge in [0.1, 0.15) is 0 Å². The fourth-order valence-electron chi connectivity index (χ4n) is 3.22. The van der Waals surface area contributed by atoms with Gasteiger partial charge in [0.05, 0.1) is 22.4 Å². The van der Waals surface area contributed by atoms with E-state index in [4.69, 9.17) is 16.7 Å². The molecule has 1 aliphatic heterocycles. The molecule has 1 N–H and O–H groups in total. The van der Waals surface area contributed by atoms with Gasteiger partial charge < -0.3 is 5.11 Å². The van der Waals surface area contributed by atoms with E-state index >= 15 is 0 Å². The summed E-state index contributed by atoms with van der Waals surface area (Å²) < 4.78 is 0. The van der Waals surface area contributed by atoms with Crippen molar-refractivity contribution in [2.24, 2.45) is 0 Å². The van der Waals surface area contributed by atoms with Crippen LogP contribution in [0.25, 0.3) is 0 Å². The van der Waals surface area contributed by atoms with Crippen LogP contribution in [0.1, 0.15) is 47.0 Å². The number of ketones is 1. The summed E-state index contributed by atoms with van der Waals surface area (Å²) in [6.07, 6.45) is 0. The summed E-state index contributed by atoms with van der Waals surface area (Å²) in [6, 6.07) is 16.4. The van der Waals surface area contributed by atoms with Gasteiger partial charge in [-0.1, -0.05) is 41.9 Å². The highest BCUT2D eigenvalue weighted by atomic mass is 35.5. The summed E-state index contributed by atoms with van der Waals surface area (Å²) in [5.74, 6) is -2.94. The molecule has 1 aliphatic rings. The van der Waals surface area contributed by atoms with Crippen LogP contribution in [0, 0.1) is 0 Å². The first-order valence-electron chi connectivity index (χ1n) is 8.54. The van der Waals surface area contributed by atoms with Crippen molar-refractivity contribution in [3.8, 4) is 0 Å². The Hall–Kier alpha value is -3.77. The first-order valence-corrected chi connectivity index (χ1v) is 8.91. The minimum Gasteiger partial charge on any atom is -0.478 e. The van der Waals surface area contributed by atoms with E-state index in [-0.39, 0.29) is 33.0 Å². The number of hydrogen-bond acceptors (Lipinski definition) is 4. The van der Waals surface area contributed by atoms with E-state index in [0.717, 1.165) is 11.0 Å². The lowest BCUT2D eigenvalue weighted by molar-refractivity contribution is 0.0696. The zero-order valence-corrected chi connectivity index (χ0v) is 15.5. The van der Waals surface area contributed by atoms with Gasteiger partial charge in [0, 0.05) is 16.1 Å². The number of amides is 2. The first kappa shape index (κ1) is 18.6. The van der Waals surface area contributed by atoms with Crippen LogP contribution in [0.3, 0.4) is 0 Å². The Morgan fingerprint density at radius 2 is 1.48 bits per heavy atom. The van der Waals surface area contributed by atoms with Gasteiger partial charge in [-0.2, -0.15) is 0 Å². The lowest BCUT2D eigenvalue weighted by Gasteiger charge is -2.18. The van der Waals surface area contributed by atoms with Crippen molar-refractivity contribution in [3.05, 3.63) is 99.6 Å². The lowest BCUT2D eigenvalue weighted by Crippen LogP contribution is -2.31. The smallest absolute Gasteiger partial charge is 0.335 e. The van der Waals surface area contributed by atoms with Crippen molar-refractivity contribution in [2.45, 2.75) is 0 Å². The van der Waals surface area contributed by atoms with Crippen molar-refractivity contribution in [2.75, 3.05) is 4.90 Å². The summed E-state index contributed by atoms with van der Waals surface area (Å²) in [6.45, 7) is 0. The molecule has 0 saturated heterocycles. The normalized spacial score (nSPS) is 12.8. The van der Waals surface area contributed by atoms with Gasteiger partial charge in [0.15, 0.2) is 5.78 Å². The molecule has 0 radical (unpaired) electrons. The number of imide groups is 1. The minimum absolute atomic E-state index is 0.0250. The second-order valence-corrected chi connectivity index (χ2v) is 6.80. The number of carboxylic acid groups (broad SMARTS) is 1. The third-order valence-electron chi connectivity index (χ3n) is 4.61. The zero-order valence-electron chi connectivity index (χ0n) is 14.8. The van der Waals surface area contributed by atoms with E-state index in [1.54, 1.807) is 30.3 Å². The van der Waals surface area contributed by atoms with Crippen LogP contribution in [0.5, 0.6) is 0 Å². The van der Waals surface area contributed by atoms with Gasteiger partial charge in [-0.3, -0.25) is 14.4 Å². The molecule has 0 bridgehead atoms. The number of carbonyl (C=O) groups excluding carboxylic acids is 3. The van der Waals surface area contributed by atoms with Crippen LogP contribution < -0.4 is 4.90 Å². The summed E-state index contributed by atoms with van der Waals surface area (Å²) in [5.41, 5.74) is 0.503. The Morgan fingerprint density at radius 1 is 0.793 bits per heavy atom. The predicted octanol–water partition coefficient (Wildman–Crippen LogP) is 4.07. The Morgan fingerprint density at radius 3 is 2.17 bits per heavy atom. The number of hydrogen-bond donors (Lipinski definition) is 1. The average Bonchev–Trinajstić information content (AvgIpc) is 2.98. The van der Waals surface area contributed by atoms with Crippen LogP contribution in [0.4, 0.5) is 5.69 Å². The molecule has 6 nitrogen and oxygen atoms in total. The molecule has 3 aromatic carbocycles. The molecule has 0 atom stereocenters. The molecular formula is C22H12ClNO5. The van der Waals surface area contributed by atoms with Gasteiger partial charge in [0.25, 0.3) is 11.8 Å². The molecule has 4 rings (SSSR count). The largest absolute Gasteiger partial charge is 0.478 e. The molecule has 1 heterocycles. The summed E-state index contributed by atoms with van der Waals surface area (Å²) in [5, 5.41) is 9.43. The molecule has 0 unspecified atom stereocenters.